The molecule has 28 heavy (non-hydrogen) atoms. The molecular weight excluding hydrogens is 402 g/mol. The second-order valence-corrected chi connectivity index (χ2v) is 7.43. The highest BCUT2D eigenvalue weighted by Gasteiger charge is 2.18. The zero-order valence-corrected chi connectivity index (χ0v) is 15.6. The van der Waals surface area contributed by atoms with Crippen LogP contribution in [0.25, 0.3) is 0 Å². The van der Waals surface area contributed by atoms with Crippen LogP contribution >= 0.6 is 11.6 Å². The number of anilines is 1. The average Bonchev–Trinajstić information content (AvgIpc) is 2.69. The maximum Gasteiger partial charge on any atom is 0.263 e. The Bertz CT molecular complexity index is 1220. The van der Waals surface area contributed by atoms with E-state index in [2.05, 4.69) is 14.9 Å². The summed E-state index contributed by atoms with van der Waals surface area (Å²) >= 11 is 5.97. The van der Waals surface area contributed by atoms with Crippen LogP contribution in [0.3, 0.4) is 0 Å². The van der Waals surface area contributed by atoms with E-state index in [0.717, 1.165) is 0 Å². The van der Waals surface area contributed by atoms with E-state index in [1.807, 2.05) is 12.1 Å². The molecule has 0 spiro atoms. The summed E-state index contributed by atoms with van der Waals surface area (Å²) in [5.41, 5.74) is 0.286. The number of halogens is 1. The van der Waals surface area contributed by atoms with Crippen LogP contribution in [0.2, 0.25) is 5.02 Å². The predicted octanol–water partition coefficient (Wildman–Crippen LogP) is 3.47. The number of hydrogen-bond donors (Lipinski definition) is 1. The minimum absolute atomic E-state index is 0.00232. The normalized spacial score (nSPS) is 10.5. The van der Waals surface area contributed by atoms with Crippen LogP contribution in [-0.2, 0) is 10.0 Å². The van der Waals surface area contributed by atoms with Crippen molar-refractivity contribution in [1.82, 2.24) is 10.2 Å². The van der Waals surface area contributed by atoms with Gasteiger partial charge in [-0.1, -0.05) is 11.6 Å². The number of nitrogens with zero attached hydrogens (tertiary/aromatic N) is 4. The summed E-state index contributed by atoms with van der Waals surface area (Å²) in [4.78, 5) is -0.139. The van der Waals surface area contributed by atoms with Crippen molar-refractivity contribution in [3.8, 4) is 23.6 Å². The van der Waals surface area contributed by atoms with Gasteiger partial charge in [0.15, 0.2) is 5.82 Å². The smallest absolute Gasteiger partial charge is 0.263 e. The van der Waals surface area contributed by atoms with Gasteiger partial charge in [0.2, 0.25) is 0 Å². The van der Waals surface area contributed by atoms with Crippen molar-refractivity contribution in [3.05, 3.63) is 70.9 Å². The number of nitriles is 2. The summed E-state index contributed by atoms with van der Waals surface area (Å²) in [5, 5.41) is 25.7. The zero-order chi connectivity index (χ0) is 20.1. The van der Waals surface area contributed by atoms with E-state index in [1.54, 1.807) is 0 Å². The molecule has 10 heteroatoms. The Labute approximate surface area is 165 Å². The van der Waals surface area contributed by atoms with Gasteiger partial charge >= 0.3 is 0 Å². The fourth-order valence-electron chi connectivity index (χ4n) is 2.18. The quantitative estimate of drug-likeness (QED) is 0.680. The van der Waals surface area contributed by atoms with E-state index in [4.69, 9.17) is 21.6 Å². The van der Waals surface area contributed by atoms with Crippen molar-refractivity contribution in [2.24, 2.45) is 0 Å². The van der Waals surface area contributed by atoms with E-state index >= 15 is 0 Å². The SMILES string of the molecule is N#Cc1ccc(Oc2ccc(S(=O)(=O)Nc3cccnn3)cc2C#N)cc1Cl. The lowest BCUT2D eigenvalue weighted by molar-refractivity contribution is 0.480. The molecule has 1 aromatic heterocycles. The lowest BCUT2D eigenvalue weighted by Gasteiger charge is -2.11. The van der Waals surface area contributed by atoms with Crippen LogP contribution in [0.5, 0.6) is 11.5 Å². The Balaban J connectivity index is 1.89. The number of rotatable bonds is 5. The number of hydrogen-bond acceptors (Lipinski definition) is 7. The number of sulfonamides is 1. The van der Waals surface area contributed by atoms with Gasteiger partial charge in [-0.2, -0.15) is 15.6 Å². The molecule has 1 heterocycles. The molecule has 0 amide bonds. The van der Waals surface area contributed by atoms with Crippen LogP contribution in [0.4, 0.5) is 5.82 Å². The molecule has 0 fully saturated rings. The maximum atomic E-state index is 12.5. The molecular formula is C18H10ClN5O3S. The average molecular weight is 412 g/mol. The number of nitrogens with one attached hydrogen (secondary N) is 1. The largest absolute Gasteiger partial charge is 0.456 e. The van der Waals surface area contributed by atoms with Crippen LogP contribution < -0.4 is 9.46 Å². The standard InChI is InChI=1S/C18H10ClN5O3S/c19-16-9-14(4-3-12(16)10-20)27-17-6-5-15(8-13(17)11-21)28(25,26)24-18-2-1-7-22-23-18/h1-9H,(H,23,24). The van der Waals surface area contributed by atoms with Crippen molar-refractivity contribution < 1.29 is 13.2 Å². The summed E-state index contributed by atoms with van der Waals surface area (Å²) in [7, 11) is -3.97. The van der Waals surface area contributed by atoms with Gasteiger partial charge in [-0.3, -0.25) is 4.72 Å². The lowest BCUT2D eigenvalue weighted by atomic mass is 10.2. The second kappa shape index (κ2) is 7.92. The summed E-state index contributed by atoms with van der Waals surface area (Å²) in [6, 6.07) is 15.1. The molecule has 0 radical (unpaired) electrons. The van der Waals surface area contributed by atoms with E-state index in [-0.39, 0.29) is 32.6 Å². The molecule has 1 N–H and O–H groups in total. The monoisotopic (exact) mass is 411 g/mol. The first-order valence-electron chi connectivity index (χ1n) is 7.65. The van der Waals surface area contributed by atoms with E-state index in [9.17, 15) is 13.7 Å². The van der Waals surface area contributed by atoms with Gasteiger partial charge in [-0.15, -0.1) is 5.10 Å². The predicted molar refractivity (Wildman–Crippen MR) is 100 cm³/mol. The third kappa shape index (κ3) is 4.18. The minimum Gasteiger partial charge on any atom is -0.456 e. The van der Waals surface area contributed by atoms with Crippen molar-refractivity contribution in [2.45, 2.75) is 4.90 Å². The van der Waals surface area contributed by atoms with Gasteiger partial charge < -0.3 is 4.74 Å². The molecule has 0 aliphatic heterocycles. The Morgan fingerprint density at radius 1 is 1.04 bits per heavy atom. The molecule has 0 saturated heterocycles. The van der Waals surface area contributed by atoms with Gasteiger partial charge in [-0.05, 0) is 42.5 Å². The highest BCUT2D eigenvalue weighted by atomic mass is 35.5. The van der Waals surface area contributed by atoms with Gasteiger partial charge in [-0.25, -0.2) is 8.42 Å². The molecule has 0 bridgehead atoms. The zero-order valence-electron chi connectivity index (χ0n) is 14.0. The Morgan fingerprint density at radius 3 is 2.46 bits per heavy atom. The highest BCUT2D eigenvalue weighted by Crippen LogP contribution is 2.30. The van der Waals surface area contributed by atoms with Crippen molar-refractivity contribution >= 4 is 27.4 Å². The molecule has 3 aromatic rings. The summed E-state index contributed by atoms with van der Waals surface area (Å²) in [6.07, 6.45) is 1.41. The Hall–Kier alpha value is -3.66. The topological polar surface area (TPSA) is 129 Å². The fourth-order valence-corrected chi connectivity index (χ4v) is 3.42. The molecule has 3 rings (SSSR count). The first kappa shape index (κ1) is 19.1. The molecule has 138 valence electrons. The Kier molecular flexibility index (Phi) is 5.41. The molecule has 0 saturated carbocycles. The molecule has 0 unspecified atom stereocenters. The number of aromatic nitrogens is 2. The summed E-state index contributed by atoms with van der Waals surface area (Å²) in [6.45, 7) is 0. The maximum absolute atomic E-state index is 12.5. The molecule has 0 aliphatic carbocycles. The van der Waals surface area contributed by atoms with Crippen LogP contribution in [-0.4, -0.2) is 18.6 Å². The van der Waals surface area contributed by atoms with Gasteiger partial charge in [0.1, 0.15) is 23.6 Å². The van der Waals surface area contributed by atoms with Gasteiger partial charge in [0, 0.05) is 12.3 Å². The first-order chi connectivity index (χ1) is 13.4. The fraction of sp³-hybridized carbons (Fsp3) is 0. The molecule has 0 atom stereocenters. The van der Waals surface area contributed by atoms with Crippen LogP contribution in [0.15, 0.2) is 59.6 Å². The highest BCUT2D eigenvalue weighted by molar-refractivity contribution is 7.92. The third-order valence-electron chi connectivity index (χ3n) is 3.48. The molecule has 2 aromatic carbocycles. The van der Waals surface area contributed by atoms with E-state index in [1.165, 1.54) is 54.7 Å². The van der Waals surface area contributed by atoms with Gasteiger partial charge in [0.25, 0.3) is 10.0 Å². The number of ether oxygens (including phenoxy) is 1. The van der Waals surface area contributed by atoms with Crippen molar-refractivity contribution in [3.63, 3.8) is 0 Å². The van der Waals surface area contributed by atoms with Crippen LogP contribution in [0, 0.1) is 22.7 Å². The van der Waals surface area contributed by atoms with Crippen LogP contribution in [0.1, 0.15) is 11.1 Å². The number of benzene rings is 2. The second-order valence-electron chi connectivity index (χ2n) is 5.34. The minimum atomic E-state index is -3.97. The summed E-state index contributed by atoms with van der Waals surface area (Å²) in [5.74, 6) is 0.490. The van der Waals surface area contributed by atoms with E-state index < -0.39 is 10.0 Å². The van der Waals surface area contributed by atoms with Crippen molar-refractivity contribution in [2.75, 3.05) is 4.72 Å². The third-order valence-corrected chi connectivity index (χ3v) is 5.15. The summed E-state index contributed by atoms with van der Waals surface area (Å²) < 4.78 is 32.8. The molecule has 8 nitrogen and oxygen atoms in total. The van der Waals surface area contributed by atoms with Crippen molar-refractivity contribution in [1.29, 1.82) is 10.5 Å². The van der Waals surface area contributed by atoms with Gasteiger partial charge in [0.05, 0.1) is 21.0 Å². The van der Waals surface area contributed by atoms with E-state index in [0.29, 0.717) is 5.75 Å². The molecule has 0 aliphatic rings. The Morgan fingerprint density at radius 2 is 1.82 bits per heavy atom. The first-order valence-corrected chi connectivity index (χ1v) is 9.51. The lowest BCUT2D eigenvalue weighted by Crippen LogP contribution is -2.14.